The zero-order chi connectivity index (χ0) is 52.2. The SMILES string of the molecule is CC/C=C\C/C=C\C/C=C\C/C=C\CCCCC(=O)OCC(COC(=O)CCCCCCCCCCCCC/C=C\C/C=C\CCCCCCC)OC(=O)CCCCCCC/C=C\CCCCCCCCC. The van der Waals surface area contributed by atoms with Gasteiger partial charge in [0.15, 0.2) is 6.10 Å². The van der Waals surface area contributed by atoms with Crippen molar-refractivity contribution in [3.05, 3.63) is 85.1 Å². The number of allylic oxidation sites excluding steroid dienone is 14. The summed E-state index contributed by atoms with van der Waals surface area (Å²) in [5.74, 6) is -0.939. The molecule has 0 aromatic carbocycles. The average Bonchev–Trinajstić information content (AvgIpc) is 3.38. The molecule has 6 nitrogen and oxygen atoms in total. The molecule has 0 amide bonds. The second-order valence-corrected chi connectivity index (χ2v) is 20.2. The van der Waals surface area contributed by atoms with Crippen molar-refractivity contribution in [2.45, 2.75) is 303 Å². The van der Waals surface area contributed by atoms with Crippen LogP contribution in [0, 0.1) is 0 Å². The van der Waals surface area contributed by atoms with Crippen LogP contribution in [0.2, 0.25) is 0 Å². The Bertz CT molecular complexity index is 1380. The zero-order valence-electron chi connectivity index (χ0n) is 47.4. The number of hydrogen-bond donors (Lipinski definition) is 0. The summed E-state index contributed by atoms with van der Waals surface area (Å²) in [4.78, 5) is 38.2. The maximum Gasteiger partial charge on any atom is 0.306 e. The molecule has 0 aromatic heterocycles. The fourth-order valence-electron chi connectivity index (χ4n) is 8.52. The van der Waals surface area contributed by atoms with E-state index >= 15 is 0 Å². The van der Waals surface area contributed by atoms with Gasteiger partial charge in [-0.3, -0.25) is 14.4 Å². The largest absolute Gasteiger partial charge is 0.462 e. The van der Waals surface area contributed by atoms with Gasteiger partial charge in [-0.2, -0.15) is 0 Å². The van der Waals surface area contributed by atoms with E-state index in [1.807, 2.05) is 0 Å². The van der Waals surface area contributed by atoms with Crippen LogP contribution in [-0.2, 0) is 28.6 Å². The summed E-state index contributed by atoms with van der Waals surface area (Å²) in [6.45, 7) is 6.49. The fraction of sp³-hybridized carbons (Fsp3) is 0.742. The lowest BCUT2D eigenvalue weighted by molar-refractivity contribution is -0.167. The van der Waals surface area contributed by atoms with E-state index in [4.69, 9.17) is 14.2 Å². The molecule has 72 heavy (non-hydrogen) atoms. The fourth-order valence-corrected chi connectivity index (χ4v) is 8.52. The number of carbonyl (C=O) groups is 3. The topological polar surface area (TPSA) is 78.9 Å². The Balaban J connectivity index is 4.38. The Hall–Kier alpha value is -3.41. The molecule has 0 aliphatic heterocycles. The summed E-state index contributed by atoms with van der Waals surface area (Å²) >= 11 is 0. The van der Waals surface area contributed by atoms with Crippen LogP contribution in [-0.4, -0.2) is 37.2 Å². The van der Waals surface area contributed by atoms with Crippen molar-refractivity contribution in [3.63, 3.8) is 0 Å². The summed E-state index contributed by atoms with van der Waals surface area (Å²) in [7, 11) is 0. The molecule has 6 heteroatoms. The molecule has 0 fully saturated rings. The van der Waals surface area contributed by atoms with Gasteiger partial charge >= 0.3 is 17.9 Å². The Kier molecular flexibility index (Phi) is 57.3. The average molecular weight is 1000 g/mol. The van der Waals surface area contributed by atoms with Crippen molar-refractivity contribution in [2.24, 2.45) is 0 Å². The highest BCUT2D eigenvalue weighted by atomic mass is 16.6. The van der Waals surface area contributed by atoms with Crippen LogP contribution in [0.1, 0.15) is 297 Å². The molecule has 0 heterocycles. The number of carbonyl (C=O) groups excluding carboxylic acids is 3. The minimum absolute atomic E-state index is 0.0934. The van der Waals surface area contributed by atoms with Gasteiger partial charge in [0.25, 0.3) is 0 Å². The smallest absolute Gasteiger partial charge is 0.306 e. The van der Waals surface area contributed by atoms with Crippen LogP contribution in [0.25, 0.3) is 0 Å². The maximum atomic E-state index is 12.9. The van der Waals surface area contributed by atoms with E-state index in [0.717, 1.165) is 103 Å². The summed E-state index contributed by atoms with van der Waals surface area (Å²) in [5, 5.41) is 0. The van der Waals surface area contributed by atoms with Crippen LogP contribution in [0.5, 0.6) is 0 Å². The predicted octanol–water partition coefficient (Wildman–Crippen LogP) is 20.7. The molecule has 1 atom stereocenters. The molecule has 0 aromatic rings. The number of rotatable bonds is 55. The second-order valence-electron chi connectivity index (χ2n) is 20.2. The summed E-state index contributed by atoms with van der Waals surface area (Å²) < 4.78 is 16.9. The van der Waals surface area contributed by atoms with Gasteiger partial charge in [0.2, 0.25) is 0 Å². The normalized spacial score (nSPS) is 12.7. The number of esters is 3. The van der Waals surface area contributed by atoms with Crippen molar-refractivity contribution in [2.75, 3.05) is 13.2 Å². The minimum atomic E-state index is -0.800. The Labute approximate surface area is 445 Å². The molecule has 0 aliphatic rings. The first-order valence-corrected chi connectivity index (χ1v) is 30.6. The maximum absolute atomic E-state index is 12.9. The molecule has 0 saturated carbocycles. The van der Waals surface area contributed by atoms with Gasteiger partial charge in [-0.05, 0) is 116 Å². The van der Waals surface area contributed by atoms with Crippen molar-refractivity contribution >= 4 is 17.9 Å². The van der Waals surface area contributed by atoms with E-state index < -0.39 is 6.10 Å². The lowest BCUT2D eigenvalue weighted by Crippen LogP contribution is -2.30. The van der Waals surface area contributed by atoms with Crippen LogP contribution < -0.4 is 0 Å². The van der Waals surface area contributed by atoms with Gasteiger partial charge in [0.05, 0.1) is 0 Å². The Morgan fingerprint density at radius 1 is 0.292 bits per heavy atom. The molecule has 0 saturated heterocycles. The predicted molar refractivity (Wildman–Crippen MR) is 311 cm³/mol. The van der Waals surface area contributed by atoms with Gasteiger partial charge in [-0.1, -0.05) is 247 Å². The molecule has 0 spiro atoms. The minimum Gasteiger partial charge on any atom is -0.462 e. The highest BCUT2D eigenvalue weighted by Crippen LogP contribution is 2.15. The molecule has 1 unspecified atom stereocenters. The third-order valence-corrected chi connectivity index (χ3v) is 13.1. The summed E-state index contributed by atoms with van der Waals surface area (Å²) in [5.41, 5.74) is 0. The Morgan fingerprint density at radius 2 is 0.542 bits per heavy atom. The van der Waals surface area contributed by atoms with Gasteiger partial charge in [0, 0.05) is 19.3 Å². The molecular weight excluding hydrogens is 889 g/mol. The quantitative estimate of drug-likeness (QED) is 0.0261. The van der Waals surface area contributed by atoms with Crippen molar-refractivity contribution in [1.29, 1.82) is 0 Å². The van der Waals surface area contributed by atoms with Crippen LogP contribution in [0.4, 0.5) is 0 Å². The molecule has 414 valence electrons. The first-order valence-electron chi connectivity index (χ1n) is 30.6. The van der Waals surface area contributed by atoms with Crippen LogP contribution in [0.15, 0.2) is 85.1 Å². The van der Waals surface area contributed by atoms with E-state index in [-0.39, 0.29) is 31.1 Å². The van der Waals surface area contributed by atoms with Crippen molar-refractivity contribution < 1.29 is 28.6 Å². The lowest BCUT2D eigenvalue weighted by Gasteiger charge is -2.18. The highest BCUT2D eigenvalue weighted by Gasteiger charge is 2.19. The highest BCUT2D eigenvalue weighted by molar-refractivity contribution is 5.71. The number of unbranched alkanes of at least 4 members (excludes halogenated alkanes) is 30. The van der Waals surface area contributed by atoms with Crippen LogP contribution >= 0.6 is 0 Å². The number of ether oxygens (including phenoxy) is 3. The first kappa shape index (κ1) is 68.6. The van der Waals surface area contributed by atoms with Crippen LogP contribution in [0.3, 0.4) is 0 Å². The molecule has 0 rings (SSSR count). The number of hydrogen-bond acceptors (Lipinski definition) is 6. The first-order chi connectivity index (χ1) is 35.5. The van der Waals surface area contributed by atoms with E-state index in [1.54, 1.807) is 0 Å². The van der Waals surface area contributed by atoms with Crippen molar-refractivity contribution in [1.82, 2.24) is 0 Å². The summed E-state index contributed by atoms with van der Waals surface area (Å²) in [6.07, 6.45) is 78.7. The van der Waals surface area contributed by atoms with Gasteiger partial charge in [-0.25, -0.2) is 0 Å². The third-order valence-electron chi connectivity index (χ3n) is 13.1. The lowest BCUT2D eigenvalue weighted by atomic mass is 10.0. The second kappa shape index (κ2) is 60.1. The van der Waals surface area contributed by atoms with Gasteiger partial charge in [0.1, 0.15) is 13.2 Å². The van der Waals surface area contributed by atoms with Gasteiger partial charge < -0.3 is 14.2 Å². The standard InChI is InChI=1S/C66H114O6/c1-4-7-10-13-16-19-22-25-28-30-31-32-33-34-35-36-39-41-44-47-50-53-56-59-65(68)71-62-63(61-70-64(67)58-55-52-49-46-43-40-37-27-24-21-18-15-12-9-6-3)72-66(69)60-57-54-51-48-45-42-38-29-26-23-20-17-14-11-8-5-2/h9,12,18,21-22,25,27,29-31,37-38,43,46,63H,4-8,10-11,13-17,19-20,23-24,26,28,32-36,39-42,44-45,47-62H2,1-3H3/b12-9-,21-18-,25-22-,31-30-,37-27-,38-29-,46-43-. The van der Waals surface area contributed by atoms with E-state index in [2.05, 4.69) is 106 Å². The molecule has 0 N–H and O–H groups in total. The van der Waals surface area contributed by atoms with E-state index in [1.165, 1.54) is 154 Å². The monoisotopic (exact) mass is 1000 g/mol. The summed E-state index contributed by atoms with van der Waals surface area (Å²) in [6, 6.07) is 0. The van der Waals surface area contributed by atoms with E-state index in [0.29, 0.717) is 19.3 Å². The van der Waals surface area contributed by atoms with E-state index in [9.17, 15) is 14.4 Å². The molecular formula is C66H114O6. The third kappa shape index (κ3) is 57.5. The molecule has 0 bridgehead atoms. The van der Waals surface area contributed by atoms with Gasteiger partial charge in [-0.15, -0.1) is 0 Å². The zero-order valence-corrected chi connectivity index (χ0v) is 47.4. The van der Waals surface area contributed by atoms with Crippen molar-refractivity contribution in [3.8, 4) is 0 Å². The molecule has 0 aliphatic carbocycles. The Morgan fingerprint density at radius 3 is 0.889 bits per heavy atom. The molecule has 0 radical (unpaired) electrons.